The number of aromatic nitrogens is 2. The van der Waals surface area contributed by atoms with Gasteiger partial charge >= 0.3 is 0 Å². The van der Waals surface area contributed by atoms with Crippen molar-refractivity contribution in [1.29, 1.82) is 0 Å². The molecule has 0 spiro atoms. The Hall–Kier alpha value is -2.54. The quantitative estimate of drug-likeness (QED) is 0.868. The molecule has 1 aromatic carbocycles. The molecule has 0 saturated carbocycles. The first-order valence-corrected chi connectivity index (χ1v) is 9.29. The molecule has 144 valence electrons. The third kappa shape index (κ3) is 3.39. The lowest BCUT2D eigenvalue weighted by Gasteiger charge is -2.38. The van der Waals surface area contributed by atoms with Crippen LogP contribution in [0.1, 0.15) is 53.6 Å². The maximum atomic E-state index is 13.0. The average Bonchev–Trinajstić information content (AvgIpc) is 3.03. The van der Waals surface area contributed by atoms with E-state index >= 15 is 0 Å². The van der Waals surface area contributed by atoms with Gasteiger partial charge < -0.3 is 19.7 Å². The van der Waals surface area contributed by atoms with E-state index in [9.17, 15) is 4.79 Å². The van der Waals surface area contributed by atoms with E-state index in [0.29, 0.717) is 12.1 Å². The summed E-state index contributed by atoms with van der Waals surface area (Å²) in [5.74, 6) is 1.37. The first kappa shape index (κ1) is 17.9. The molecule has 7 nitrogen and oxygen atoms in total. The van der Waals surface area contributed by atoms with E-state index < -0.39 is 0 Å². The van der Waals surface area contributed by atoms with Crippen molar-refractivity contribution in [1.82, 2.24) is 20.4 Å². The number of amides is 1. The minimum absolute atomic E-state index is 0.153. The highest BCUT2D eigenvalue weighted by Gasteiger charge is 2.36. The highest BCUT2D eigenvalue weighted by Crippen LogP contribution is 2.41. The van der Waals surface area contributed by atoms with Gasteiger partial charge in [0, 0.05) is 42.8 Å². The van der Waals surface area contributed by atoms with Crippen molar-refractivity contribution in [2.24, 2.45) is 0 Å². The van der Waals surface area contributed by atoms with Gasteiger partial charge in [0.05, 0.1) is 13.2 Å². The summed E-state index contributed by atoms with van der Waals surface area (Å²) in [6, 6.07) is 5.54. The molecule has 0 fully saturated rings. The van der Waals surface area contributed by atoms with Gasteiger partial charge in [-0.3, -0.25) is 9.89 Å². The normalized spacial score (nSPS) is 21.0. The van der Waals surface area contributed by atoms with Gasteiger partial charge in [-0.15, -0.1) is 0 Å². The highest BCUT2D eigenvalue weighted by atomic mass is 16.5. The number of carbonyl (C=O) groups excluding carboxylic acids is 1. The van der Waals surface area contributed by atoms with Crippen LogP contribution < -0.4 is 14.8 Å². The topological polar surface area (TPSA) is 79.5 Å². The largest absolute Gasteiger partial charge is 0.497 e. The standard InChI is InChI=1S/C20H26N4O3/c1-20(2)10-16(13-9-12(26-4)5-6-17(13)27-20)21-19(25)18-14-11-24(3)8-7-15(14)22-23-18/h5-6,9,16H,7-8,10-11H2,1-4H3,(H,21,25)(H,22,23)/t16-/m1/s1. The third-order valence-electron chi connectivity index (χ3n) is 5.32. The second kappa shape index (κ2) is 6.56. The van der Waals surface area contributed by atoms with Gasteiger partial charge in [-0.2, -0.15) is 5.10 Å². The van der Waals surface area contributed by atoms with Crippen LogP contribution in [-0.4, -0.2) is 47.3 Å². The van der Waals surface area contributed by atoms with E-state index in [-0.39, 0.29) is 17.6 Å². The SMILES string of the molecule is COc1ccc2c(c1)[C@H](NC(=O)c1n[nH]c3c1CN(C)CC3)CC(C)(C)O2. The molecule has 2 aromatic rings. The van der Waals surface area contributed by atoms with Crippen LogP contribution in [0, 0.1) is 0 Å². The number of benzene rings is 1. The average molecular weight is 370 g/mol. The Kier molecular flexibility index (Phi) is 4.34. The molecule has 2 N–H and O–H groups in total. The molecule has 7 heteroatoms. The number of rotatable bonds is 3. The summed E-state index contributed by atoms with van der Waals surface area (Å²) in [6.45, 7) is 5.77. The highest BCUT2D eigenvalue weighted by molar-refractivity contribution is 5.94. The molecule has 2 aliphatic heterocycles. The van der Waals surface area contributed by atoms with E-state index in [4.69, 9.17) is 9.47 Å². The Morgan fingerprint density at radius 3 is 3.04 bits per heavy atom. The van der Waals surface area contributed by atoms with Crippen LogP contribution in [0.4, 0.5) is 0 Å². The molecular weight excluding hydrogens is 344 g/mol. The summed E-state index contributed by atoms with van der Waals surface area (Å²) in [4.78, 5) is 15.2. The summed E-state index contributed by atoms with van der Waals surface area (Å²) in [7, 11) is 3.69. The van der Waals surface area contributed by atoms with Crippen LogP contribution in [0.3, 0.4) is 0 Å². The summed E-state index contributed by atoms with van der Waals surface area (Å²) in [5, 5.41) is 10.5. The van der Waals surface area contributed by atoms with Crippen LogP contribution >= 0.6 is 0 Å². The van der Waals surface area contributed by atoms with E-state index in [1.165, 1.54) is 0 Å². The van der Waals surface area contributed by atoms with Crippen molar-refractivity contribution in [2.75, 3.05) is 20.7 Å². The first-order valence-electron chi connectivity index (χ1n) is 9.29. The van der Waals surface area contributed by atoms with E-state index in [1.54, 1.807) is 7.11 Å². The lowest BCUT2D eigenvalue weighted by Crippen LogP contribution is -2.41. The number of aromatic amines is 1. The number of hydrogen-bond acceptors (Lipinski definition) is 5. The molecule has 0 unspecified atom stereocenters. The van der Waals surface area contributed by atoms with Crippen LogP contribution in [0.5, 0.6) is 11.5 Å². The van der Waals surface area contributed by atoms with Crippen molar-refractivity contribution in [3.8, 4) is 11.5 Å². The van der Waals surface area contributed by atoms with Crippen LogP contribution in [0.2, 0.25) is 0 Å². The number of ether oxygens (including phenoxy) is 2. The lowest BCUT2D eigenvalue weighted by molar-refractivity contribution is 0.0616. The smallest absolute Gasteiger partial charge is 0.272 e. The maximum absolute atomic E-state index is 13.0. The van der Waals surface area contributed by atoms with Crippen LogP contribution in [0.25, 0.3) is 0 Å². The molecule has 27 heavy (non-hydrogen) atoms. The Labute approximate surface area is 159 Å². The Morgan fingerprint density at radius 1 is 1.44 bits per heavy atom. The first-order chi connectivity index (χ1) is 12.9. The van der Waals surface area contributed by atoms with Gasteiger partial charge in [-0.05, 0) is 39.1 Å². The molecular formula is C20H26N4O3. The molecule has 2 aliphatic rings. The summed E-state index contributed by atoms with van der Waals surface area (Å²) < 4.78 is 11.4. The van der Waals surface area contributed by atoms with Crippen LogP contribution in [-0.2, 0) is 13.0 Å². The number of nitrogens with zero attached hydrogens (tertiary/aromatic N) is 2. The predicted octanol–water partition coefficient (Wildman–Crippen LogP) is 2.44. The monoisotopic (exact) mass is 370 g/mol. The number of methoxy groups -OCH3 is 1. The van der Waals surface area contributed by atoms with Gasteiger partial charge in [0.1, 0.15) is 17.1 Å². The fourth-order valence-electron chi connectivity index (χ4n) is 3.93. The zero-order valence-corrected chi connectivity index (χ0v) is 16.3. The van der Waals surface area contributed by atoms with Gasteiger partial charge in [0.15, 0.2) is 5.69 Å². The van der Waals surface area contributed by atoms with Gasteiger partial charge in [0.25, 0.3) is 5.91 Å². The second-order valence-electron chi connectivity index (χ2n) is 8.01. The third-order valence-corrected chi connectivity index (χ3v) is 5.32. The predicted molar refractivity (Wildman–Crippen MR) is 101 cm³/mol. The number of H-pyrrole nitrogens is 1. The Morgan fingerprint density at radius 2 is 2.26 bits per heavy atom. The molecule has 3 heterocycles. The maximum Gasteiger partial charge on any atom is 0.272 e. The number of nitrogens with one attached hydrogen (secondary N) is 2. The van der Waals surface area contributed by atoms with Crippen LogP contribution in [0.15, 0.2) is 18.2 Å². The molecule has 1 aromatic heterocycles. The van der Waals surface area contributed by atoms with Crippen molar-refractivity contribution in [3.05, 3.63) is 40.7 Å². The number of hydrogen-bond donors (Lipinski definition) is 2. The Balaban J connectivity index is 1.63. The molecule has 4 rings (SSSR count). The van der Waals surface area contributed by atoms with Crippen molar-refractivity contribution in [3.63, 3.8) is 0 Å². The van der Waals surface area contributed by atoms with Crippen molar-refractivity contribution >= 4 is 5.91 Å². The minimum atomic E-state index is -0.370. The van der Waals surface area contributed by atoms with E-state index in [2.05, 4.69) is 27.5 Å². The van der Waals surface area contributed by atoms with Crippen molar-refractivity contribution in [2.45, 2.75) is 44.9 Å². The van der Waals surface area contributed by atoms with Gasteiger partial charge in [0.2, 0.25) is 0 Å². The van der Waals surface area contributed by atoms with Gasteiger partial charge in [-0.25, -0.2) is 0 Å². The minimum Gasteiger partial charge on any atom is -0.497 e. The second-order valence-corrected chi connectivity index (χ2v) is 8.01. The lowest BCUT2D eigenvalue weighted by atomic mass is 9.89. The van der Waals surface area contributed by atoms with Gasteiger partial charge in [-0.1, -0.05) is 0 Å². The van der Waals surface area contributed by atoms with E-state index in [0.717, 1.165) is 47.8 Å². The van der Waals surface area contributed by atoms with Crippen molar-refractivity contribution < 1.29 is 14.3 Å². The molecule has 0 aliphatic carbocycles. The molecule has 1 atom stereocenters. The molecule has 0 saturated heterocycles. The zero-order valence-electron chi connectivity index (χ0n) is 16.3. The molecule has 1 amide bonds. The fraction of sp³-hybridized carbons (Fsp3) is 0.500. The molecule has 0 radical (unpaired) electrons. The summed E-state index contributed by atoms with van der Waals surface area (Å²) >= 11 is 0. The summed E-state index contributed by atoms with van der Waals surface area (Å²) in [5.41, 5.74) is 3.12. The summed E-state index contributed by atoms with van der Waals surface area (Å²) in [6.07, 6.45) is 1.56. The zero-order chi connectivity index (χ0) is 19.2. The fourth-order valence-corrected chi connectivity index (χ4v) is 3.93. The number of fused-ring (bicyclic) bond motifs is 2. The molecule has 0 bridgehead atoms. The Bertz CT molecular complexity index is 874. The number of likely N-dealkylation sites (N-methyl/N-ethyl adjacent to an activating group) is 1. The number of carbonyl (C=O) groups is 1. The van der Waals surface area contributed by atoms with E-state index in [1.807, 2.05) is 32.0 Å².